The molecule has 1 aromatic rings. The van der Waals surface area contributed by atoms with Crippen LogP contribution in [0, 0.1) is 0 Å². The molecule has 0 bridgehead atoms. The van der Waals surface area contributed by atoms with Gasteiger partial charge in [-0.15, -0.1) is 0 Å². The summed E-state index contributed by atoms with van der Waals surface area (Å²) in [7, 11) is 1.65. The van der Waals surface area contributed by atoms with Crippen LogP contribution in [-0.2, 0) is 4.74 Å². The lowest BCUT2D eigenvalue weighted by Gasteiger charge is -2.23. The number of carbonyl (C=O) groups is 1. The van der Waals surface area contributed by atoms with Crippen molar-refractivity contribution < 1.29 is 9.53 Å². The number of ether oxygens (including phenoxy) is 1. The molecule has 0 aliphatic carbocycles. The van der Waals surface area contributed by atoms with E-state index in [0.29, 0.717) is 25.3 Å². The number of methoxy groups -OCH3 is 1. The number of hydrogen-bond donors (Lipinski definition) is 2. The summed E-state index contributed by atoms with van der Waals surface area (Å²) in [6.45, 7) is 5.64. The summed E-state index contributed by atoms with van der Waals surface area (Å²) in [6, 6.07) is 5.74. The molecule has 0 atom stereocenters. The molecule has 2 N–H and O–H groups in total. The van der Waals surface area contributed by atoms with Crippen molar-refractivity contribution in [2.24, 2.45) is 0 Å². The molecule has 1 heterocycles. The van der Waals surface area contributed by atoms with Gasteiger partial charge in [0.25, 0.3) is 5.91 Å². The molecule has 104 valence electrons. The second-order valence-electron chi connectivity index (χ2n) is 4.49. The van der Waals surface area contributed by atoms with Crippen molar-refractivity contribution in [2.45, 2.75) is 6.92 Å². The number of likely N-dealkylation sites (N-methyl/N-ethyl adjacent to an activating group) is 1. The van der Waals surface area contributed by atoms with Gasteiger partial charge in [-0.3, -0.25) is 4.79 Å². The van der Waals surface area contributed by atoms with Crippen molar-refractivity contribution in [1.29, 1.82) is 0 Å². The lowest BCUT2D eigenvalue weighted by Crippen LogP contribution is -2.33. The zero-order chi connectivity index (χ0) is 13.7. The minimum Gasteiger partial charge on any atom is -0.383 e. The number of rotatable bonds is 5. The standard InChI is InChI=1S/C14H21N3O2/c1-3-17(8-9-19-2)14(18)11-4-5-12-13(10-11)16-7-6-15-12/h4-5,10,15-16H,3,6-9H2,1-2H3. The molecule has 0 unspecified atom stereocenters. The predicted molar refractivity (Wildman–Crippen MR) is 76.9 cm³/mol. The number of anilines is 2. The molecule has 19 heavy (non-hydrogen) atoms. The second-order valence-corrected chi connectivity index (χ2v) is 4.49. The summed E-state index contributed by atoms with van der Waals surface area (Å²) in [5, 5.41) is 6.60. The zero-order valence-corrected chi connectivity index (χ0v) is 11.5. The van der Waals surface area contributed by atoms with Crippen LogP contribution in [0.4, 0.5) is 11.4 Å². The Kier molecular flexibility index (Phi) is 4.63. The smallest absolute Gasteiger partial charge is 0.253 e. The van der Waals surface area contributed by atoms with Gasteiger partial charge in [-0.25, -0.2) is 0 Å². The Morgan fingerprint density at radius 3 is 2.74 bits per heavy atom. The van der Waals surface area contributed by atoms with Crippen molar-refractivity contribution in [2.75, 3.05) is 50.5 Å². The summed E-state index contributed by atoms with van der Waals surface area (Å²) >= 11 is 0. The van der Waals surface area contributed by atoms with E-state index in [0.717, 1.165) is 24.5 Å². The minimum atomic E-state index is 0.0507. The van der Waals surface area contributed by atoms with Crippen molar-refractivity contribution in [3.05, 3.63) is 23.8 Å². The molecule has 5 heteroatoms. The van der Waals surface area contributed by atoms with Gasteiger partial charge in [0.05, 0.1) is 18.0 Å². The van der Waals surface area contributed by atoms with E-state index in [1.807, 2.05) is 25.1 Å². The van der Waals surface area contributed by atoms with Crippen LogP contribution in [-0.4, -0.2) is 50.7 Å². The molecule has 0 radical (unpaired) electrons. The number of hydrogen-bond acceptors (Lipinski definition) is 4. The molecule has 1 amide bonds. The number of carbonyl (C=O) groups excluding carboxylic acids is 1. The fourth-order valence-corrected chi connectivity index (χ4v) is 2.16. The molecular weight excluding hydrogens is 242 g/mol. The molecular formula is C14H21N3O2. The monoisotopic (exact) mass is 263 g/mol. The number of fused-ring (bicyclic) bond motifs is 1. The van der Waals surface area contributed by atoms with Crippen LogP contribution in [0.1, 0.15) is 17.3 Å². The molecule has 0 spiro atoms. The molecule has 5 nitrogen and oxygen atoms in total. The summed E-state index contributed by atoms with van der Waals surface area (Å²) in [6.07, 6.45) is 0. The topological polar surface area (TPSA) is 53.6 Å². The highest BCUT2D eigenvalue weighted by Gasteiger charge is 2.16. The van der Waals surface area contributed by atoms with Crippen molar-refractivity contribution in [3.8, 4) is 0 Å². The van der Waals surface area contributed by atoms with Gasteiger partial charge in [-0.05, 0) is 25.1 Å². The van der Waals surface area contributed by atoms with Gasteiger partial charge in [0.15, 0.2) is 0 Å². The van der Waals surface area contributed by atoms with Gasteiger partial charge in [0.2, 0.25) is 0 Å². The van der Waals surface area contributed by atoms with Gasteiger partial charge in [0.1, 0.15) is 0 Å². The van der Waals surface area contributed by atoms with E-state index in [1.54, 1.807) is 12.0 Å². The van der Waals surface area contributed by atoms with Crippen LogP contribution in [0.3, 0.4) is 0 Å². The molecule has 2 rings (SSSR count). The molecule has 0 fully saturated rings. The van der Waals surface area contributed by atoms with Gasteiger partial charge in [0, 0.05) is 38.9 Å². The Morgan fingerprint density at radius 1 is 1.32 bits per heavy atom. The third kappa shape index (κ3) is 3.17. The van der Waals surface area contributed by atoms with Gasteiger partial charge >= 0.3 is 0 Å². The van der Waals surface area contributed by atoms with Gasteiger partial charge in [-0.2, -0.15) is 0 Å². The highest BCUT2D eigenvalue weighted by Crippen LogP contribution is 2.25. The zero-order valence-electron chi connectivity index (χ0n) is 11.5. The first-order valence-corrected chi connectivity index (χ1v) is 6.66. The third-order valence-corrected chi connectivity index (χ3v) is 3.26. The number of nitrogens with zero attached hydrogens (tertiary/aromatic N) is 1. The second kappa shape index (κ2) is 6.43. The van der Waals surface area contributed by atoms with Crippen LogP contribution < -0.4 is 10.6 Å². The van der Waals surface area contributed by atoms with Crippen LogP contribution in [0.25, 0.3) is 0 Å². The van der Waals surface area contributed by atoms with E-state index in [2.05, 4.69) is 10.6 Å². The molecule has 1 aliphatic heterocycles. The maximum Gasteiger partial charge on any atom is 0.253 e. The minimum absolute atomic E-state index is 0.0507. The Bertz CT molecular complexity index is 448. The highest BCUT2D eigenvalue weighted by molar-refractivity contribution is 5.96. The number of nitrogens with one attached hydrogen (secondary N) is 2. The average molecular weight is 263 g/mol. The average Bonchev–Trinajstić information content (AvgIpc) is 2.47. The van der Waals surface area contributed by atoms with Crippen LogP contribution in [0.15, 0.2) is 18.2 Å². The lowest BCUT2D eigenvalue weighted by molar-refractivity contribution is 0.0706. The number of amides is 1. The predicted octanol–water partition coefficient (Wildman–Crippen LogP) is 1.63. The lowest BCUT2D eigenvalue weighted by atomic mass is 10.1. The maximum atomic E-state index is 12.4. The third-order valence-electron chi connectivity index (χ3n) is 3.26. The van der Waals surface area contributed by atoms with Crippen molar-refractivity contribution >= 4 is 17.3 Å². The molecule has 0 saturated heterocycles. The fraction of sp³-hybridized carbons (Fsp3) is 0.500. The first-order chi connectivity index (χ1) is 9.26. The molecule has 0 saturated carbocycles. The summed E-state index contributed by atoms with van der Waals surface area (Å²) in [4.78, 5) is 14.2. The van der Waals surface area contributed by atoms with E-state index < -0.39 is 0 Å². The van der Waals surface area contributed by atoms with Crippen LogP contribution in [0.2, 0.25) is 0 Å². The van der Waals surface area contributed by atoms with Gasteiger partial charge < -0.3 is 20.3 Å². The Hall–Kier alpha value is -1.75. The Labute approximate surface area is 113 Å². The summed E-state index contributed by atoms with van der Waals surface area (Å²) in [5.74, 6) is 0.0507. The first kappa shape index (κ1) is 13.7. The molecule has 1 aliphatic rings. The SMILES string of the molecule is CCN(CCOC)C(=O)c1ccc2c(c1)NCCN2. The van der Waals surface area contributed by atoms with E-state index in [9.17, 15) is 4.79 Å². The van der Waals surface area contributed by atoms with E-state index >= 15 is 0 Å². The maximum absolute atomic E-state index is 12.4. The summed E-state index contributed by atoms with van der Waals surface area (Å²) < 4.78 is 5.03. The molecule has 1 aromatic carbocycles. The quantitative estimate of drug-likeness (QED) is 0.848. The van der Waals surface area contributed by atoms with E-state index in [1.165, 1.54) is 0 Å². The van der Waals surface area contributed by atoms with E-state index in [-0.39, 0.29) is 5.91 Å². The van der Waals surface area contributed by atoms with Crippen molar-refractivity contribution in [1.82, 2.24) is 4.90 Å². The Morgan fingerprint density at radius 2 is 2.05 bits per heavy atom. The normalized spacial score (nSPS) is 13.2. The van der Waals surface area contributed by atoms with E-state index in [4.69, 9.17) is 4.74 Å². The van der Waals surface area contributed by atoms with Crippen LogP contribution in [0.5, 0.6) is 0 Å². The molecule has 0 aromatic heterocycles. The highest BCUT2D eigenvalue weighted by atomic mass is 16.5. The van der Waals surface area contributed by atoms with Gasteiger partial charge in [-0.1, -0.05) is 0 Å². The fourth-order valence-electron chi connectivity index (χ4n) is 2.16. The largest absolute Gasteiger partial charge is 0.383 e. The summed E-state index contributed by atoms with van der Waals surface area (Å²) in [5.41, 5.74) is 2.77. The van der Waals surface area contributed by atoms with Crippen molar-refractivity contribution in [3.63, 3.8) is 0 Å². The Balaban J connectivity index is 2.13. The first-order valence-electron chi connectivity index (χ1n) is 6.66. The number of benzene rings is 1. The van der Waals surface area contributed by atoms with Crippen LogP contribution >= 0.6 is 0 Å².